The van der Waals surface area contributed by atoms with Gasteiger partial charge >= 0.3 is 12.3 Å². The maximum atomic E-state index is 13.1. The van der Waals surface area contributed by atoms with E-state index < -0.39 is 29.7 Å². The van der Waals surface area contributed by atoms with Crippen LogP contribution in [0, 0.1) is 10.8 Å². The third kappa shape index (κ3) is 1.16. The first-order chi connectivity index (χ1) is 5.71. The van der Waals surface area contributed by atoms with Gasteiger partial charge in [0.15, 0.2) is 0 Å². The molecule has 1 rings (SSSR count). The Hall–Kier alpha value is -0.320. The van der Waals surface area contributed by atoms with Gasteiger partial charge in [-0.1, -0.05) is 13.8 Å². The first-order valence-corrected chi connectivity index (χ1v) is 4.07. The Morgan fingerprint density at radius 3 is 1.85 bits per heavy atom. The highest BCUT2D eigenvalue weighted by molar-refractivity contribution is 5.17. The normalized spacial score (nSPS) is 32.3. The second kappa shape index (κ2) is 2.59. The summed E-state index contributed by atoms with van der Waals surface area (Å²) in [5.41, 5.74) is 2.68. The summed E-state index contributed by atoms with van der Waals surface area (Å²) in [5, 5.41) is 0. The van der Waals surface area contributed by atoms with Gasteiger partial charge in [-0.15, -0.1) is 0 Å². The Balaban J connectivity index is 2.93. The van der Waals surface area contributed by atoms with Crippen LogP contribution >= 0.6 is 0 Å². The van der Waals surface area contributed by atoms with E-state index in [0.717, 1.165) is 0 Å². The van der Waals surface area contributed by atoms with Crippen LogP contribution in [0.25, 0.3) is 0 Å². The molecule has 13 heavy (non-hydrogen) atoms. The fourth-order valence-corrected chi connectivity index (χ4v) is 1.97. The SMILES string of the molecule is CC1(C)CC1(CN)C(F)(F)C(F)F. The molecule has 1 fully saturated rings. The molecular formula is C8H13F4N. The van der Waals surface area contributed by atoms with Crippen LogP contribution in [-0.2, 0) is 0 Å². The predicted octanol–water partition coefficient (Wildman–Crippen LogP) is 2.26. The van der Waals surface area contributed by atoms with E-state index in [4.69, 9.17) is 5.73 Å². The van der Waals surface area contributed by atoms with E-state index in [1.807, 2.05) is 0 Å². The summed E-state index contributed by atoms with van der Waals surface area (Å²) in [6.45, 7) is 2.68. The summed E-state index contributed by atoms with van der Waals surface area (Å²) in [5.74, 6) is -3.97. The lowest BCUT2D eigenvalue weighted by Crippen LogP contribution is -2.44. The molecule has 1 aliphatic carbocycles. The highest BCUT2D eigenvalue weighted by Gasteiger charge is 2.76. The van der Waals surface area contributed by atoms with Crippen LogP contribution in [0.2, 0.25) is 0 Å². The minimum atomic E-state index is -3.97. The lowest BCUT2D eigenvalue weighted by Gasteiger charge is -2.28. The maximum Gasteiger partial charge on any atom is 0.314 e. The van der Waals surface area contributed by atoms with Crippen molar-refractivity contribution in [3.05, 3.63) is 0 Å². The van der Waals surface area contributed by atoms with E-state index in [-0.39, 0.29) is 6.42 Å². The van der Waals surface area contributed by atoms with Gasteiger partial charge in [0.1, 0.15) is 0 Å². The zero-order chi connectivity index (χ0) is 10.5. The fourth-order valence-electron chi connectivity index (χ4n) is 1.97. The molecule has 1 nitrogen and oxygen atoms in total. The van der Waals surface area contributed by atoms with Gasteiger partial charge in [-0.2, -0.15) is 8.78 Å². The molecule has 0 spiro atoms. The molecule has 0 aromatic carbocycles. The van der Waals surface area contributed by atoms with Crippen molar-refractivity contribution in [2.45, 2.75) is 32.6 Å². The molecule has 0 aliphatic heterocycles. The summed E-state index contributed by atoms with van der Waals surface area (Å²) in [6, 6.07) is 0. The highest BCUT2D eigenvalue weighted by Crippen LogP contribution is 2.70. The number of alkyl halides is 4. The predicted molar refractivity (Wildman–Crippen MR) is 40.8 cm³/mol. The quantitative estimate of drug-likeness (QED) is 0.693. The van der Waals surface area contributed by atoms with Crippen LogP contribution in [0.4, 0.5) is 17.6 Å². The molecule has 0 saturated heterocycles. The minimum absolute atomic E-state index is 0.0633. The lowest BCUT2D eigenvalue weighted by atomic mass is 9.89. The lowest BCUT2D eigenvalue weighted by molar-refractivity contribution is -0.182. The average Bonchev–Trinajstić information content (AvgIpc) is 2.55. The molecule has 0 aromatic heterocycles. The monoisotopic (exact) mass is 199 g/mol. The van der Waals surface area contributed by atoms with Crippen molar-refractivity contribution in [2.24, 2.45) is 16.6 Å². The molecule has 1 atom stereocenters. The molecule has 0 amide bonds. The van der Waals surface area contributed by atoms with Crippen LogP contribution in [0.3, 0.4) is 0 Å². The Morgan fingerprint density at radius 1 is 1.38 bits per heavy atom. The van der Waals surface area contributed by atoms with E-state index in [2.05, 4.69) is 0 Å². The maximum absolute atomic E-state index is 13.1. The van der Waals surface area contributed by atoms with E-state index in [0.29, 0.717) is 0 Å². The topological polar surface area (TPSA) is 26.0 Å². The first-order valence-electron chi connectivity index (χ1n) is 4.07. The van der Waals surface area contributed by atoms with Crippen LogP contribution in [0.1, 0.15) is 20.3 Å². The average molecular weight is 199 g/mol. The summed E-state index contributed by atoms with van der Waals surface area (Å²) >= 11 is 0. The summed E-state index contributed by atoms with van der Waals surface area (Å²) in [7, 11) is 0. The van der Waals surface area contributed by atoms with Gasteiger partial charge in [0.05, 0.1) is 5.41 Å². The Morgan fingerprint density at radius 2 is 1.77 bits per heavy atom. The van der Waals surface area contributed by atoms with Crippen LogP contribution in [0.15, 0.2) is 0 Å². The first kappa shape index (κ1) is 10.8. The van der Waals surface area contributed by atoms with Gasteiger partial charge in [0.25, 0.3) is 0 Å². The molecule has 0 radical (unpaired) electrons. The second-order valence-electron chi connectivity index (χ2n) is 4.27. The Kier molecular flexibility index (Phi) is 2.14. The summed E-state index contributed by atoms with van der Waals surface area (Å²) in [4.78, 5) is 0. The fraction of sp³-hybridized carbons (Fsp3) is 1.00. The molecule has 1 unspecified atom stereocenters. The van der Waals surface area contributed by atoms with E-state index >= 15 is 0 Å². The number of rotatable bonds is 3. The Labute approximate surface area is 74.3 Å². The van der Waals surface area contributed by atoms with Crippen molar-refractivity contribution >= 4 is 0 Å². The van der Waals surface area contributed by atoms with Crippen molar-refractivity contribution in [1.29, 1.82) is 0 Å². The highest BCUT2D eigenvalue weighted by atomic mass is 19.3. The molecule has 0 heterocycles. The third-order valence-corrected chi connectivity index (χ3v) is 3.17. The van der Waals surface area contributed by atoms with E-state index in [1.165, 1.54) is 13.8 Å². The molecule has 0 aromatic rings. The van der Waals surface area contributed by atoms with E-state index in [1.54, 1.807) is 0 Å². The standard InChI is InChI=1S/C8H13F4N/c1-6(2)3-7(6,4-13)8(11,12)5(9)10/h5H,3-4,13H2,1-2H3. The zero-order valence-electron chi connectivity index (χ0n) is 7.58. The molecule has 1 aliphatic rings. The molecule has 5 heteroatoms. The third-order valence-electron chi connectivity index (χ3n) is 3.17. The largest absolute Gasteiger partial charge is 0.330 e. The second-order valence-corrected chi connectivity index (χ2v) is 4.27. The number of hydrogen-bond acceptors (Lipinski definition) is 1. The number of hydrogen-bond donors (Lipinski definition) is 1. The van der Waals surface area contributed by atoms with Gasteiger partial charge in [0.2, 0.25) is 0 Å². The van der Waals surface area contributed by atoms with Gasteiger partial charge in [-0.3, -0.25) is 0 Å². The minimum Gasteiger partial charge on any atom is -0.330 e. The van der Waals surface area contributed by atoms with E-state index in [9.17, 15) is 17.6 Å². The van der Waals surface area contributed by atoms with Crippen LogP contribution < -0.4 is 5.73 Å². The van der Waals surface area contributed by atoms with Crippen molar-refractivity contribution in [1.82, 2.24) is 0 Å². The Bertz CT molecular complexity index is 214. The summed E-state index contributed by atoms with van der Waals surface area (Å²) in [6.07, 6.45) is -3.56. The molecule has 78 valence electrons. The van der Waals surface area contributed by atoms with Crippen molar-refractivity contribution in [2.75, 3.05) is 6.54 Å². The summed E-state index contributed by atoms with van der Waals surface area (Å²) < 4.78 is 50.3. The smallest absolute Gasteiger partial charge is 0.314 e. The van der Waals surface area contributed by atoms with Crippen LogP contribution in [-0.4, -0.2) is 18.9 Å². The molecule has 1 saturated carbocycles. The number of nitrogens with two attached hydrogens (primary N) is 1. The van der Waals surface area contributed by atoms with Gasteiger partial charge in [-0.25, -0.2) is 8.78 Å². The van der Waals surface area contributed by atoms with Gasteiger partial charge in [-0.05, 0) is 11.8 Å². The van der Waals surface area contributed by atoms with Crippen molar-refractivity contribution in [3.8, 4) is 0 Å². The van der Waals surface area contributed by atoms with Gasteiger partial charge in [0, 0.05) is 6.54 Å². The molecule has 2 N–H and O–H groups in total. The van der Waals surface area contributed by atoms with Crippen LogP contribution in [0.5, 0.6) is 0 Å². The molecular weight excluding hydrogens is 186 g/mol. The number of halogens is 4. The zero-order valence-corrected chi connectivity index (χ0v) is 7.58. The molecule has 0 bridgehead atoms. The van der Waals surface area contributed by atoms with Gasteiger partial charge < -0.3 is 5.73 Å². The van der Waals surface area contributed by atoms with Crippen molar-refractivity contribution < 1.29 is 17.6 Å². The van der Waals surface area contributed by atoms with Crippen molar-refractivity contribution in [3.63, 3.8) is 0 Å².